The average molecular weight is 803 g/mol. The predicted octanol–water partition coefficient (Wildman–Crippen LogP) is 9.57. The lowest BCUT2D eigenvalue weighted by atomic mass is 9.82. The van der Waals surface area contributed by atoms with E-state index in [1.807, 2.05) is 32.6 Å². The second kappa shape index (κ2) is 30.4. The summed E-state index contributed by atoms with van der Waals surface area (Å²) in [4.78, 5) is 39.7. The average Bonchev–Trinajstić information content (AvgIpc) is 3.80. The van der Waals surface area contributed by atoms with Crippen LogP contribution in [0.2, 0.25) is 0 Å². The van der Waals surface area contributed by atoms with Gasteiger partial charge in [-0.05, 0) is 90.0 Å². The first-order valence-electron chi connectivity index (χ1n) is 20.7. The zero-order chi connectivity index (χ0) is 43.3. The number of ketones is 1. The van der Waals surface area contributed by atoms with E-state index in [4.69, 9.17) is 4.74 Å². The van der Waals surface area contributed by atoms with E-state index in [0.29, 0.717) is 17.9 Å². The van der Waals surface area contributed by atoms with Crippen LogP contribution in [0.15, 0.2) is 60.3 Å². The van der Waals surface area contributed by atoms with E-state index < -0.39 is 27.6 Å². The lowest BCUT2D eigenvalue weighted by molar-refractivity contribution is -0.129. The van der Waals surface area contributed by atoms with Gasteiger partial charge in [-0.3, -0.25) is 9.59 Å². The molecule has 1 heterocycles. The summed E-state index contributed by atoms with van der Waals surface area (Å²) in [5.41, 5.74) is 0.242. The van der Waals surface area contributed by atoms with Crippen LogP contribution < -0.4 is 16.0 Å². The molecule has 3 aliphatic rings. The van der Waals surface area contributed by atoms with Crippen molar-refractivity contribution in [1.29, 1.82) is 0 Å². The van der Waals surface area contributed by atoms with E-state index in [1.54, 1.807) is 37.3 Å². The minimum Gasteiger partial charge on any atom is -0.444 e. The standard InChI is InChI=1S/C25H43N3O4.C9H11NO2S.C4H8.C3H8.C2H6.C2H2/c1-7-15-25(5,6)32-24(31)27-22(20-12-9-8-10-13-20)18(3)28-16-11-14-21(28)23(30)26-17(2)19(4)29;1-2-10-8-13(11,12)9-6-4-3-5-7-9;1-4-2-3-4;1-3-2;2*1-2/h17,20-22H,3,7-16H2,1-2,4-6H3,(H,26,30)(H,27,31);2-7,10H,1,8H2;4H,2-3H2,1H3;3H2,1-2H3;1-2H3;1-2H. The molecule has 3 atom stereocenters. The van der Waals surface area contributed by atoms with Crippen LogP contribution >= 0.6 is 0 Å². The minimum absolute atomic E-state index is 0.0686. The first-order chi connectivity index (χ1) is 26.5. The Morgan fingerprint density at radius 1 is 0.964 bits per heavy atom. The molecule has 2 aliphatic carbocycles. The molecule has 320 valence electrons. The maximum Gasteiger partial charge on any atom is 0.408 e. The van der Waals surface area contributed by atoms with E-state index in [0.717, 1.165) is 56.6 Å². The van der Waals surface area contributed by atoms with Crippen LogP contribution in [0.3, 0.4) is 0 Å². The minimum atomic E-state index is -3.20. The van der Waals surface area contributed by atoms with Crippen molar-refractivity contribution in [3.63, 3.8) is 0 Å². The number of nitrogens with zero attached hydrogens (tertiary/aromatic N) is 1. The van der Waals surface area contributed by atoms with E-state index >= 15 is 0 Å². The van der Waals surface area contributed by atoms with Crippen molar-refractivity contribution in [2.45, 2.75) is 175 Å². The maximum absolute atomic E-state index is 12.9. The number of nitrogens with one attached hydrogen (secondary N) is 3. The number of carbonyl (C=O) groups excluding carboxylic acids is 3. The van der Waals surface area contributed by atoms with Gasteiger partial charge in [-0.2, -0.15) is 0 Å². The molecule has 11 heteroatoms. The van der Waals surface area contributed by atoms with Gasteiger partial charge in [0.1, 0.15) is 17.5 Å². The number of carbonyl (C=O) groups is 3. The Kier molecular flexibility index (Phi) is 29.5. The molecule has 4 rings (SSSR count). The summed E-state index contributed by atoms with van der Waals surface area (Å²) in [5.74, 6) is 1.03. The zero-order valence-electron chi connectivity index (χ0n) is 36.6. The quantitative estimate of drug-likeness (QED) is 0.159. The topological polar surface area (TPSA) is 134 Å². The van der Waals surface area contributed by atoms with Gasteiger partial charge in [0.2, 0.25) is 5.91 Å². The Labute approximate surface area is 342 Å². The first kappa shape index (κ1) is 54.3. The third-order valence-electron chi connectivity index (χ3n) is 9.25. The van der Waals surface area contributed by atoms with E-state index in [2.05, 4.69) is 69.6 Å². The Hall–Kier alpha value is -3.78. The number of benzene rings is 1. The summed E-state index contributed by atoms with van der Waals surface area (Å²) in [6.45, 7) is 28.1. The third kappa shape index (κ3) is 22.7. The number of sulfone groups is 1. The fraction of sp³-hybridized carbons (Fsp3) is 0.667. The monoisotopic (exact) mass is 803 g/mol. The van der Waals surface area contributed by atoms with Crippen LogP contribution in [-0.4, -0.2) is 67.2 Å². The number of Topliss-reactive ketones (excluding diaryl/α,β-unsaturated/α-hetero) is 1. The largest absolute Gasteiger partial charge is 0.444 e. The summed E-state index contributed by atoms with van der Waals surface area (Å²) in [7, 11) is -3.20. The van der Waals surface area contributed by atoms with Gasteiger partial charge in [-0.25, -0.2) is 13.2 Å². The highest BCUT2D eigenvalue weighted by molar-refractivity contribution is 7.91. The lowest BCUT2D eigenvalue weighted by Crippen LogP contribution is -2.52. The molecule has 56 heavy (non-hydrogen) atoms. The van der Waals surface area contributed by atoms with E-state index in [9.17, 15) is 22.8 Å². The van der Waals surface area contributed by atoms with Gasteiger partial charge < -0.3 is 25.6 Å². The van der Waals surface area contributed by atoms with Crippen molar-refractivity contribution in [1.82, 2.24) is 20.9 Å². The molecule has 0 aromatic heterocycles. The van der Waals surface area contributed by atoms with Crippen LogP contribution in [0.5, 0.6) is 0 Å². The van der Waals surface area contributed by atoms with Gasteiger partial charge >= 0.3 is 6.09 Å². The van der Waals surface area contributed by atoms with Crippen molar-refractivity contribution < 1.29 is 27.5 Å². The molecule has 3 fully saturated rings. The number of terminal acetylenes is 1. The summed E-state index contributed by atoms with van der Waals surface area (Å²) in [6, 6.07) is 7.16. The lowest BCUT2D eigenvalue weighted by Gasteiger charge is -2.38. The molecular weight excluding hydrogens is 725 g/mol. The molecule has 1 aromatic rings. The number of ether oxygens (including phenoxy) is 1. The molecule has 0 bridgehead atoms. The van der Waals surface area contributed by atoms with Crippen molar-refractivity contribution in [2.24, 2.45) is 11.8 Å². The molecule has 3 N–H and O–H groups in total. The van der Waals surface area contributed by atoms with Crippen LogP contribution in [-0.2, 0) is 24.2 Å². The first-order valence-corrected chi connectivity index (χ1v) is 22.4. The van der Waals surface area contributed by atoms with E-state index in [-0.39, 0.29) is 35.6 Å². The number of hydrogen-bond donors (Lipinski definition) is 3. The Balaban J connectivity index is 0. The molecule has 2 amide bonds. The molecule has 2 saturated carbocycles. The maximum atomic E-state index is 12.9. The fourth-order valence-corrected chi connectivity index (χ4v) is 7.10. The smallest absolute Gasteiger partial charge is 0.408 e. The second-order valence-corrected chi connectivity index (χ2v) is 17.0. The Morgan fingerprint density at radius 2 is 1.50 bits per heavy atom. The van der Waals surface area contributed by atoms with Crippen molar-refractivity contribution in [3.05, 3.63) is 55.4 Å². The van der Waals surface area contributed by atoms with Crippen molar-refractivity contribution in [2.75, 3.05) is 12.4 Å². The molecule has 1 aromatic carbocycles. The highest BCUT2D eigenvalue weighted by Gasteiger charge is 2.38. The number of alkyl carbamates (subject to hydrolysis) is 1. The molecule has 0 radical (unpaired) electrons. The number of amides is 2. The Bertz CT molecular complexity index is 1390. The van der Waals surface area contributed by atoms with Crippen LogP contribution in [0, 0.1) is 24.7 Å². The summed E-state index contributed by atoms with van der Waals surface area (Å²) >= 11 is 0. The van der Waals surface area contributed by atoms with Gasteiger partial charge in [0.25, 0.3) is 0 Å². The normalized spacial score (nSPS) is 17.1. The molecule has 0 spiro atoms. The van der Waals surface area contributed by atoms with E-state index in [1.165, 1.54) is 38.8 Å². The molecule has 1 aliphatic heterocycles. The molecule has 10 nitrogen and oxygen atoms in total. The highest BCUT2D eigenvalue weighted by Crippen LogP contribution is 2.33. The van der Waals surface area contributed by atoms with Gasteiger partial charge in [0.05, 0.1) is 17.0 Å². The SMILES string of the molecule is C#C.C=C(C(NC(=O)OC(C)(C)CCC)C1CCCCC1)N1CCCC1C(=O)NC(C)C(C)=O.C=CNCS(=O)(=O)c1ccccc1.CC.CC1CC1.CCC. The Morgan fingerprint density at radius 3 is 1.96 bits per heavy atom. The highest BCUT2D eigenvalue weighted by atomic mass is 32.2. The van der Waals surface area contributed by atoms with Gasteiger partial charge in [-0.1, -0.05) is 118 Å². The van der Waals surface area contributed by atoms with Crippen LogP contribution in [0.1, 0.15) is 146 Å². The number of likely N-dealkylation sites (tertiary alicyclic amines) is 1. The fourth-order valence-electron chi connectivity index (χ4n) is 6.02. The zero-order valence-corrected chi connectivity index (χ0v) is 37.4. The predicted molar refractivity (Wildman–Crippen MR) is 234 cm³/mol. The molecule has 3 unspecified atom stereocenters. The number of rotatable bonds is 14. The summed E-state index contributed by atoms with van der Waals surface area (Å²) in [5, 5.41) is 8.50. The third-order valence-corrected chi connectivity index (χ3v) is 10.8. The molecular formula is C45H78N4O6S. The van der Waals surface area contributed by atoms with Crippen LogP contribution in [0.25, 0.3) is 0 Å². The van der Waals surface area contributed by atoms with Crippen molar-refractivity contribution in [3.8, 4) is 12.8 Å². The number of hydrogen-bond acceptors (Lipinski definition) is 8. The van der Waals surface area contributed by atoms with Crippen LogP contribution in [0.4, 0.5) is 4.79 Å². The van der Waals surface area contributed by atoms with Gasteiger partial charge in [0, 0.05) is 12.2 Å². The van der Waals surface area contributed by atoms with Crippen molar-refractivity contribution >= 4 is 27.6 Å². The van der Waals surface area contributed by atoms with Gasteiger partial charge in [0.15, 0.2) is 15.6 Å². The van der Waals surface area contributed by atoms with Gasteiger partial charge in [-0.15, -0.1) is 12.8 Å². The second-order valence-electron chi connectivity index (χ2n) is 15.0. The summed E-state index contributed by atoms with van der Waals surface area (Å²) < 4.78 is 28.7. The summed E-state index contributed by atoms with van der Waals surface area (Å²) in [6.07, 6.45) is 22.0. The molecule has 1 saturated heterocycles.